The van der Waals surface area contributed by atoms with E-state index in [4.69, 9.17) is 64.0 Å². The highest BCUT2D eigenvalue weighted by Crippen LogP contribution is 2.45. The number of aromatic nitrogens is 12. The van der Waals surface area contributed by atoms with Crippen LogP contribution in [-0.4, -0.2) is 69.7 Å². The Morgan fingerprint density at radius 1 is 0.418 bits per heavy atom. The summed E-state index contributed by atoms with van der Waals surface area (Å²) >= 11 is 14.3. The maximum atomic E-state index is 13.0. The van der Waals surface area contributed by atoms with Gasteiger partial charge in [0, 0.05) is 36.6 Å². The smallest absolute Gasteiger partial charge is 0.205 e. The number of aliphatic hydroxyl groups is 2. The molecule has 0 fully saturated rings. The van der Waals surface area contributed by atoms with Crippen LogP contribution in [0.2, 0.25) is 10.3 Å². The topological polar surface area (TPSA) is 163 Å². The number of aliphatic hydroxyl groups excluding tert-OH is 2. The molecule has 14 aromatic rings. The number of benzene rings is 10. The third-order valence-electron chi connectivity index (χ3n) is 18.7. The number of unbranched alkanes of at least 4 members (excludes halogenated alkanes) is 1. The minimum Gasteiger partial charge on any atom is -0.390 e. The highest BCUT2D eigenvalue weighted by molar-refractivity contribution is 6.30. The van der Waals surface area contributed by atoms with Crippen molar-refractivity contribution in [2.24, 2.45) is 0 Å². The first-order valence-electron chi connectivity index (χ1n) is 33.3. The molecule has 0 saturated heterocycles. The SMILES string of the molecule is CCCCc1nc(Cl)c(C(O)C(CCC)c2nc(Cl)c(CO)n2Cc2ccc(-c3ccccc3-c3nnn(C(c4ccccc4)(c4ccccc4)c4ccccc4)n3)cc2)n1Cc1ccc(-c2ccccc2-c2nnn(C(c3ccccc3)(c3ccccc3)c3ccccc3)n2)cc1. The number of hydrogen-bond donors (Lipinski definition) is 2. The molecule has 14 nitrogen and oxygen atoms in total. The Balaban J connectivity index is 0.749. The van der Waals surface area contributed by atoms with E-state index in [1.54, 1.807) is 9.59 Å². The largest absolute Gasteiger partial charge is 0.390 e. The number of halogens is 2. The highest BCUT2D eigenvalue weighted by atomic mass is 35.5. The fourth-order valence-electron chi connectivity index (χ4n) is 14.0. The molecule has 4 heterocycles. The van der Waals surface area contributed by atoms with Gasteiger partial charge in [-0.1, -0.05) is 329 Å². The molecule has 4 aromatic heterocycles. The van der Waals surface area contributed by atoms with Gasteiger partial charge >= 0.3 is 0 Å². The molecule has 10 aromatic carbocycles. The molecule has 0 saturated carbocycles. The summed E-state index contributed by atoms with van der Waals surface area (Å²) in [5, 5.41) is 54.3. The van der Waals surface area contributed by atoms with Crippen molar-refractivity contribution in [1.29, 1.82) is 0 Å². The maximum absolute atomic E-state index is 13.0. The average Bonchev–Trinajstić information content (AvgIpc) is 1.28. The number of rotatable bonds is 25. The van der Waals surface area contributed by atoms with Crippen molar-refractivity contribution in [3.05, 3.63) is 357 Å². The molecule has 2 N–H and O–H groups in total. The lowest BCUT2D eigenvalue weighted by Crippen LogP contribution is -2.39. The quantitative estimate of drug-likeness (QED) is 0.0527. The summed E-state index contributed by atoms with van der Waals surface area (Å²) in [5.41, 5.74) is 12.4. The van der Waals surface area contributed by atoms with E-state index in [9.17, 15) is 10.2 Å². The lowest BCUT2D eigenvalue weighted by atomic mass is 9.77. The second-order valence-electron chi connectivity index (χ2n) is 24.6. The molecule has 14 rings (SSSR count). The molecule has 0 radical (unpaired) electrons. The van der Waals surface area contributed by atoms with Crippen molar-refractivity contribution < 1.29 is 10.2 Å². The molecule has 0 bridgehead atoms. The molecule has 0 aliphatic rings. The maximum Gasteiger partial charge on any atom is 0.205 e. The molecular formula is C82H72Cl2N12O2. The lowest BCUT2D eigenvalue weighted by molar-refractivity contribution is 0.125. The third-order valence-corrected chi connectivity index (χ3v) is 19.3. The fourth-order valence-corrected chi connectivity index (χ4v) is 14.5. The third kappa shape index (κ3) is 12.3. The van der Waals surface area contributed by atoms with Crippen molar-refractivity contribution in [3.63, 3.8) is 0 Å². The summed E-state index contributed by atoms with van der Waals surface area (Å²) in [6.07, 6.45) is 2.56. The molecule has 486 valence electrons. The molecule has 2 unspecified atom stereocenters. The van der Waals surface area contributed by atoms with E-state index >= 15 is 0 Å². The second-order valence-corrected chi connectivity index (χ2v) is 25.3. The van der Waals surface area contributed by atoms with Gasteiger partial charge in [0.15, 0.2) is 21.4 Å². The second kappa shape index (κ2) is 28.9. The van der Waals surface area contributed by atoms with E-state index in [0.717, 1.165) is 96.6 Å². The first kappa shape index (κ1) is 64.6. The Morgan fingerprint density at radius 2 is 0.786 bits per heavy atom. The van der Waals surface area contributed by atoms with E-state index in [-0.39, 0.29) is 16.9 Å². The Morgan fingerprint density at radius 3 is 1.15 bits per heavy atom. The Bertz CT molecular complexity index is 4760. The van der Waals surface area contributed by atoms with Gasteiger partial charge in [-0.05, 0) is 90.0 Å². The first-order valence-corrected chi connectivity index (χ1v) is 34.1. The van der Waals surface area contributed by atoms with Gasteiger partial charge < -0.3 is 19.3 Å². The minimum absolute atomic E-state index is 0.169. The standard InChI is InChI=1S/C82H72Cl2N12O2/c1-3-5-45-73-85-77(84)74(94(73)55-58-48-52-60(53-49-58)68-42-25-27-44-70(68)79-88-92-96(90-79)82(64-35-18-9-19-36-64,65-37-20-10-21-38-65)66-39-22-11-23-40-66)75(98)71(28-4-2)80-86-76(83)72(56-97)93(80)54-57-46-50-59(51-47-57)67-41-24-26-43-69(67)78-87-91-95(89-78)81(61-29-12-6-13-30-61,62-31-14-7-15-32-62)63-33-16-8-17-34-63/h6-27,29-44,46-53,71,75,97-98H,3-5,28,45,54-56H2,1-2H3. The summed E-state index contributed by atoms with van der Waals surface area (Å²) in [4.78, 5) is 13.4. The van der Waals surface area contributed by atoms with Gasteiger partial charge in [-0.3, -0.25) is 0 Å². The summed E-state index contributed by atoms with van der Waals surface area (Å²) in [6, 6.07) is 94.9. The number of aryl methyl sites for hydroxylation is 1. The zero-order valence-corrected chi connectivity index (χ0v) is 55.9. The Labute approximate surface area is 580 Å². The number of imidazole rings is 2. The van der Waals surface area contributed by atoms with Gasteiger partial charge in [-0.2, -0.15) is 0 Å². The average molecular weight is 1330 g/mol. The summed E-state index contributed by atoms with van der Waals surface area (Å²) in [7, 11) is 0. The number of nitrogens with zero attached hydrogens (tertiary/aromatic N) is 12. The summed E-state index contributed by atoms with van der Waals surface area (Å²) in [5.74, 6) is 1.69. The van der Waals surface area contributed by atoms with E-state index in [0.29, 0.717) is 61.2 Å². The van der Waals surface area contributed by atoms with E-state index in [1.807, 2.05) is 150 Å². The summed E-state index contributed by atoms with van der Waals surface area (Å²) in [6.45, 7) is 4.56. The van der Waals surface area contributed by atoms with Crippen LogP contribution in [0.1, 0.15) is 119 Å². The van der Waals surface area contributed by atoms with Crippen LogP contribution in [-0.2, 0) is 37.2 Å². The van der Waals surface area contributed by atoms with Crippen LogP contribution in [0.5, 0.6) is 0 Å². The van der Waals surface area contributed by atoms with Crippen LogP contribution < -0.4 is 0 Å². The predicted octanol–water partition coefficient (Wildman–Crippen LogP) is 17.3. The first-order chi connectivity index (χ1) is 48.2. The van der Waals surface area contributed by atoms with Crippen LogP contribution in [0.25, 0.3) is 45.0 Å². The van der Waals surface area contributed by atoms with Gasteiger partial charge in [0.25, 0.3) is 0 Å². The van der Waals surface area contributed by atoms with Crippen molar-refractivity contribution in [2.75, 3.05) is 0 Å². The van der Waals surface area contributed by atoms with Crippen LogP contribution in [0, 0.1) is 0 Å². The Hall–Kier alpha value is -10.7. The highest BCUT2D eigenvalue weighted by Gasteiger charge is 2.43. The monoisotopic (exact) mass is 1330 g/mol. The van der Waals surface area contributed by atoms with Gasteiger partial charge in [-0.25, -0.2) is 9.97 Å². The van der Waals surface area contributed by atoms with Crippen LogP contribution in [0.15, 0.2) is 279 Å². The van der Waals surface area contributed by atoms with E-state index < -0.39 is 23.1 Å². The number of tetrazole rings is 2. The number of hydrogen-bond acceptors (Lipinski definition) is 10. The fraction of sp³-hybridized carbons (Fsp3) is 0.171. The lowest BCUT2D eigenvalue weighted by Gasteiger charge is -2.34. The van der Waals surface area contributed by atoms with Crippen molar-refractivity contribution in [1.82, 2.24) is 59.5 Å². The van der Waals surface area contributed by atoms with E-state index in [2.05, 4.69) is 152 Å². The van der Waals surface area contributed by atoms with Gasteiger partial charge in [0.05, 0.1) is 18.0 Å². The molecule has 0 amide bonds. The van der Waals surface area contributed by atoms with Gasteiger partial charge in [-0.15, -0.1) is 30.0 Å². The molecule has 2 atom stereocenters. The van der Waals surface area contributed by atoms with E-state index in [1.165, 1.54) is 0 Å². The molecule has 98 heavy (non-hydrogen) atoms. The molecule has 0 spiro atoms. The Kier molecular flexibility index (Phi) is 19.1. The van der Waals surface area contributed by atoms with Crippen LogP contribution in [0.3, 0.4) is 0 Å². The molecular weight excluding hydrogens is 1260 g/mol. The van der Waals surface area contributed by atoms with Gasteiger partial charge in [0.1, 0.15) is 17.8 Å². The van der Waals surface area contributed by atoms with Gasteiger partial charge in [0.2, 0.25) is 11.6 Å². The molecule has 0 aliphatic heterocycles. The summed E-state index contributed by atoms with van der Waals surface area (Å²) < 4.78 is 4.02. The minimum atomic E-state index is -1.16. The normalized spacial score (nSPS) is 12.4. The van der Waals surface area contributed by atoms with Crippen molar-refractivity contribution in [2.45, 2.75) is 88.7 Å². The predicted molar refractivity (Wildman–Crippen MR) is 386 cm³/mol. The van der Waals surface area contributed by atoms with Crippen molar-refractivity contribution >= 4 is 23.2 Å². The van der Waals surface area contributed by atoms with Crippen molar-refractivity contribution in [3.8, 4) is 45.0 Å². The van der Waals surface area contributed by atoms with Crippen LogP contribution >= 0.6 is 23.2 Å². The zero-order valence-electron chi connectivity index (χ0n) is 54.4. The van der Waals surface area contributed by atoms with Crippen LogP contribution in [0.4, 0.5) is 0 Å². The zero-order chi connectivity index (χ0) is 67.0. The molecule has 16 heteroatoms. The molecule has 0 aliphatic carbocycles.